The molecule has 0 saturated heterocycles. The van der Waals surface area contributed by atoms with E-state index in [0.29, 0.717) is 23.6 Å². The summed E-state index contributed by atoms with van der Waals surface area (Å²) in [6, 6.07) is 10.3. The number of rotatable bonds is 6. The highest BCUT2D eigenvalue weighted by molar-refractivity contribution is 7.99. The van der Waals surface area contributed by atoms with Crippen molar-refractivity contribution in [2.75, 3.05) is 5.75 Å². The Bertz CT molecular complexity index is 563. The predicted octanol–water partition coefficient (Wildman–Crippen LogP) is 3.02. The van der Waals surface area contributed by atoms with Gasteiger partial charge in [-0.3, -0.25) is 9.78 Å². The molecule has 20 heavy (non-hydrogen) atoms. The number of pyridine rings is 1. The Kier molecular flexibility index (Phi) is 5.55. The normalized spacial score (nSPS) is 10.2. The van der Waals surface area contributed by atoms with Gasteiger partial charge in [-0.05, 0) is 23.8 Å². The Labute approximate surface area is 121 Å². The molecule has 0 aliphatic rings. The molecule has 0 aliphatic heterocycles. The van der Waals surface area contributed by atoms with Gasteiger partial charge in [0.15, 0.2) is 0 Å². The lowest BCUT2D eigenvalue weighted by Crippen LogP contribution is -2.23. The van der Waals surface area contributed by atoms with Gasteiger partial charge in [0.2, 0.25) is 5.91 Å². The number of halogens is 1. The van der Waals surface area contributed by atoms with Crippen LogP contribution in [0.15, 0.2) is 53.7 Å². The summed E-state index contributed by atoms with van der Waals surface area (Å²) < 4.78 is 13.4. The average molecular weight is 290 g/mol. The van der Waals surface area contributed by atoms with E-state index in [1.807, 2.05) is 12.1 Å². The second-order valence-electron chi connectivity index (χ2n) is 4.17. The van der Waals surface area contributed by atoms with Crippen molar-refractivity contribution in [3.63, 3.8) is 0 Å². The first-order valence-electron chi connectivity index (χ1n) is 6.28. The molecule has 104 valence electrons. The molecule has 0 spiro atoms. The summed E-state index contributed by atoms with van der Waals surface area (Å²) in [7, 11) is 0. The van der Waals surface area contributed by atoms with Crippen LogP contribution < -0.4 is 5.32 Å². The van der Waals surface area contributed by atoms with Crippen LogP contribution in [0.3, 0.4) is 0 Å². The summed E-state index contributed by atoms with van der Waals surface area (Å²) in [5.41, 5.74) is 0.961. The quantitative estimate of drug-likeness (QED) is 0.832. The second-order valence-corrected chi connectivity index (χ2v) is 5.30. The van der Waals surface area contributed by atoms with Gasteiger partial charge >= 0.3 is 0 Å². The molecular formula is C15H15FN2OS. The van der Waals surface area contributed by atoms with E-state index in [9.17, 15) is 9.18 Å². The fourth-order valence-corrected chi connectivity index (χ4v) is 2.50. The fraction of sp³-hybridized carbons (Fsp3) is 0.200. The fourth-order valence-electron chi connectivity index (χ4n) is 1.61. The molecule has 5 heteroatoms. The number of carbonyl (C=O) groups is 1. The van der Waals surface area contributed by atoms with E-state index < -0.39 is 0 Å². The van der Waals surface area contributed by atoms with Crippen LogP contribution in [0.1, 0.15) is 12.0 Å². The summed E-state index contributed by atoms with van der Waals surface area (Å²) in [5.74, 6) is 0.269. The van der Waals surface area contributed by atoms with E-state index in [-0.39, 0.29) is 11.7 Å². The molecule has 1 aromatic heterocycles. The lowest BCUT2D eigenvalue weighted by Gasteiger charge is -2.05. The lowest BCUT2D eigenvalue weighted by atomic mass is 10.3. The average Bonchev–Trinajstić information content (AvgIpc) is 2.48. The minimum atomic E-state index is -0.242. The molecule has 1 aromatic carbocycles. The monoisotopic (exact) mass is 290 g/mol. The van der Waals surface area contributed by atoms with E-state index in [1.165, 1.54) is 17.8 Å². The zero-order valence-corrected chi connectivity index (χ0v) is 11.7. The number of hydrogen-bond donors (Lipinski definition) is 1. The Morgan fingerprint density at radius 1 is 1.25 bits per heavy atom. The minimum Gasteiger partial charge on any atom is -0.352 e. The van der Waals surface area contributed by atoms with Crippen LogP contribution in [-0.2, 0) is 11.3 Å². The van der Waals surface area contributed by atoms with Crippen molar-refractivity contribution in [2.45, 2.75) is 17.9 Å². The van der Waals surface area contributed by atoms with Crippen molar-refractivity contribution in [3.8, 4) is 0 Å². The largest absolute Gasteiger partial charge is 0.352 e. The summed E-state index contributed by atoms with van der Waals surface area (Å²) in [6.07, 6.45) is 3.77. The van der Waals surface area contributed by atoms with Gasteiger partial charge in [-0.2, -0.15) is 0 Å². The van der Waals surface area contributed by atoms with Gasteiger partial charge in [-0.15, -0.1) is 11.8 Å². The van der Waals surface area contributed by atoms with Gasteiger partial charge < -0.3 is 5.32 Å². The van der Waals surface area contributed by atoms with E-state index in [0.717, 1.165) is 5.56 Å². The van der Waals surface area contributed by atoms with Gasteiger partial charge in [0, 0.05) is 36.0 Å². The van der Waals surface area contributed by atoms with Gasteiger partial charge in [-0.1, -0.05) is 18.2 Å². The van der Waals surface area contributed by atoms with E-state index in [2.05, 4.69) is 10.3 Å². The third-order valence-corrected chi connectivity index (χ3v) is 3.69. The highest BCUT2D eigenvalue weighted by atomic mass is 32.2. The number of carbonyl (C=O) groups excluding carboxylic acids is 1. The topological polar surface area (TPSA) is 42.0 Å². The first kappa shape index (κ1) is 14.5. The molecule has 2 aromatic rings. The van der Waals surface area contributed by atoms with Crippen molar-refractivity contribution >= 4 is 17.7 Å². The predicted molar refractivity (Wildman–Crippen MR) is 77.8 cm³/mol. The number of aromatic nitrogens is 1. The third-order valence-electron chi connectivity index (χ3n) is 2.64. The SMILES string of the molecule is O=C(CCSc1ccccc1F)NCc1cccnc1. The Morgan fingerprint density at radius 2 is 2.10 bits per heavy atom. The molecule has 0 radical (unpaired) electrons. The maximum absolute atomic E-state index is 13.4. The Balaban J connectivity index is 1.69. The van der Waals surface area contributed by atoms with Crippen molar-refractivity contribution in [1.29, 1.82) is 0 Å². The van der Waals surface area contributed by atoms with Crippen molar-refractivity contribution < 1.29 is 9.18 Å². The summed E-state index contributed by atoms with van der Waals surface area (Å²) in [5, 5.41) is 2.81. The summed E-state index contributed by atoms with van der Waals surface area (Å²) >= 11 is 1.35. The minimum absolute atomic E-state index is 0.0438. The molecule has 1 heterocycles. The van der Waals surface area contributed by atoms with Crippen LogP contribution in [0.2, 0.25) is 0 Å². The number of amides is 1. The standard InChI is InChI=1S/C15H15FN2OS/c16-13-5-1-2-6-14(13)20-9-7-15(19)18-11-12-4-3-8-17-10-12/h1-6,8,10H,7,9,11H2,(H,18,19). The molecule has 0 fully saturated rings. The maximum Gasteiger partial charge on any atom is 0.221 e. The Hall–Kier alpha value is -1.88. The smallest absolute Gasteiger partial charge is 0.221 e. The number of nitrogens with one attached hydrogen (secondary N) is 1. The molecule has 0 bridgehead atoms. The van der Waals surface area contributed by atoms with Crippen molar-refractivity contribution in [2.24, 2.45) is 0 Å². The molecule has 0 saturated carbocycles. The van der Waals surface area contributed by atoms with E-state index >= 15 is 0 Å². The first-order chi connectivity index (χ1) is 9.75. The van der Waals surface area contributed by atoms with E-state index in [1.54, 1.807) is 30.6 Å². The molecule has 3 nitrogen and oxygen atoms in total. The van der Waals surface area contributed by atoms with Crippen LogP contribution >= 0.6 is 11.8 Å². The van der Waals surface area contributed by atoms with Crippen LogP contribution in [0.5, 0.6) is 0 Å². The van der Waals surface area contributed by atoms with E-state index in [4.69, 9.17) is 0 Å². The van der Waals surface area contributed by atoms with Crippen LogP contribution in [0.25, 0.3) is 0 Å². The number of benzene rings is 1. The number of hydrogen-bond acceptors (Lipinski definition) is 3. The molecule has 2 rings (SSSR count). The highest BCUT2D eigenvalue weighted by Crippen LogP contribution is 2.21. The maximum atomic E-state index is 13.4. The molecule has 0 atom stereocenters. The summed E-state index contributed by atoms with van der Waals surface area (Å²) in [6.45, 7) is 0.469. The van der Waals surface area contributed by atoms with Gasteiger partial charge in [-0.25, -0.2) is 4.39 Å². The molecule has 1 N–H and O–H groups in total. The third kappa shape index (κ3) is 4.66. The zero-order chi connectivity index (χ0) is 14.2. The second kappa shape index (κ2) is 7.65. The van der Waals surface area contributed by atoms with Crippen molar-refractivity contribution in [3.05, 3.63) is 60.2 Å². The molecule has 1 amide bonds. The molecular weight excluding hydrogens is 275 g/mol. The van der Waals surface area contributed by atoms with Crippen LogP contribution in [0.4, 0.5) is 4.39 Å². The van der Waals surface area contributed by atoms with Crippen molar-refractivity contribution in [1.82, 2.24) is 10.3 Å². The van der Waals surface area contributed by atoms with Gasteiger partial charge in [0.25, 0.3) is 0 Å². The van der Waals surface area contributed by atoms with Gasteiger partial charge in [0.1, 0.15) is 5.82 Å². The zero-order valence-electron chi connectivity index (χ0n) is 10.9. The number of thioether (sulfide) groups is 1. The van der Waals surface area contributed by atoms with Gasteiger partial charge in [0.05, 0.1) is 0 Å². The highest BCUT2D eigenvalue weighted by Gasteiger charge is 2.04. The van der Waals surface area contributed by atoms with Crippen LogP contribution in [-0.4, -0.2) is 16.6 Å². The lowest BCUT2D eigenvalue weighted by molar-refractivity contribution is -0.120. The molecule has 0 unspecified atom stereocenters. The Morgan fingerprint density at radius 3 is 2.85 bits per heavy atom. The first-order valence-corrected chi connectivity index (χ1v) is 7.27. The number of nitrogens with zero attached hydrogens (tertiary/aromatic N) is 1. The molecule has 0 aliphatic carbocycles. The summed E-state index contributed by atoms with van der Waals surface area (Å²) in [4.78, 5) is 16.2. The van der Waals surface area contributed by atoms with Crippen LogP contribution in [0, 0.1) is 5.82 Å².